The van der Waals surface area contributed by atoms with Gasteiger partial charge in [0.2, 0.25) is 0 Å². The molecule has 1 aliphatic heterocycles. The Bertz CT molecular complexity index is 493. The molecule has 92 valence electrons. The number of benzene rings is 1. The van der Waals surface area contributed by atoms with Crippen molar-refractivity contribution in [3.63, 3.8) is 0 Å². The predicted molar refractivity (Wildman–Crippen MR) is 69.7 cm³/mol. The minimum Gasteiger partial charge on any atom is -0.371 e. The molecule has 0 N–H and O–H groups in total. The Morgan fingerprint density at radius 1 is 1.29 bits per heavy atom. The van der Waals surface area contributed by atoms with E-state index in [1.807, 2.05) is 23.9 Å². The molecule has 0 saturated heterocycles. The lowest BCUT2D eigenvalue weighted by Gasteiger charge is -2.34. The Labute approximate surface area is 109 Å². The third-order valence-corrected chi connectivity index (χ3v) is 3.67. The van der Waals surface area contributed by atoms with E-state index in [2.05, 4.69) is 0 Å². The van der Waals surface area contributed by atoms with Crippen molar-refractivity contribution < 1.29 is 4.92 Å². The second-order valence-corrected chi connectivity index (χ2v) is 4.77. The first-order chi connectivity index (χ1) is 7.93. The molecule has 0 amide bonds. The van der Waals surface area contributed by atoms with Gasteiger partial charge >= 0.3 is 5.69 Å². The summed E-state index contributed by atoms with van der Waals surface area (Å²) in [6.07, 6.45) is 0. The summed E-state index contributed by atoms with van der Waals surface area (Å²) in [6.45, 7) is 1.50. The van der Waals surface area contributed by atoms with Crippen LogP contribution in [-0.4, -0.2) is 32.1 Å². The summed E-state index contributed by atoms with van der Waals surface area (Å²) >= 11 is 11.8. The van der Waals surface area contributed by atoms with E-state index in [9.17, 15) is 10.1 Å². The highest BCUT2D eigenvalue weighted by molar-refractivity contribution is 6.44. The molecule has 1 aromatic carbocycles. The Morgan fingerprint density at radius 3 is 2.47 bits per heavy atom. The zero-order valence-electron chi connectivity index (χ0n) is 9.41. The average molecular weight is 276 g/mol. The largest absolute Gasteiger partial charge is 0.371 e. The lowest BCUT2D eigenvalue weighted by Crippen LogP contribution is -2.37. The summed E-state index contributed by atoms with van der Waals surface area (Å²) in [6, 6.07) is 1.67. The van der Waals surface area contributed by atoms with Crippen LogP contribution in [0.2, 0.25) is 10.0 Å². The fourth-order valence-corrected chi connectivity index (χ4v) is 2.36. The van der Waals surface area contributed by atoms with E-state index in [1.165, 1.54) is 0 Å². The molecule has 1 aliphatic rings. The molecule has 0 aromatic heterocycles. The second-order valence-electron chi connectivity index (χ2n) is 3.99. The van der Waals surface area contributed by atoms with Crippen molar-refractivity contribution in [2.45, 2.75) is 0 Å². The highest BCUT2D eigenvalue weighted by atomic mass is 35.5. The van der Waals surface area contributed by atoms with Gasteiger partial charge in [-0.1, -0.05) is 23.2 Å². The minimum absolute atomic E-state index is 0.00225. The van der Waals surface area contributed by atoms with E-state index < -0.39 is 4.92 Å². The van der Waals surface area contributed by atoms with Crippen molar-refractivity contribution in [3.8, 4) is 0 Å². The van der Waals surface area contributed by atoms with Crippen LogP contribution in [0.5, 0.6) is 0 Å². The van der Waals surface area contributed by atoms with Crippen molar-refractivity contribution in [1.82, 2.24) is 0 Å². The third kappa shape index (κ3) is 1.89. The first-order valence-corrected chi connectivity index (χ1v) is 5.77. The quantitative estimate of drug-likeness (QED) is 0.584. The highest BCUT2D eigenvalue weighted by Crippen LogP contribution is 2.47. The lowest BCUT2D eigenvalue weighted by molar-refractivity contribution is -0.383. The smallest absolute Gasteiger partial charge is 0.314 e. The SMILES string of the molecule is CN1CCN(C)c2c1cc(Cl)c(Cl)c2[N+](=O)[O-]. The van der Waals surface area contributed by atoms with Gasteiger partial charge in [-0.15, -0.1) is 0 Å². The van der Waals surface area contributed by atoms with Gasteiger partial charge in [0.15, 0.2) is 0 Å². The number of halogens is 2. The molecule has 0 fully saturated rings. The van der Waals surface area contributed by atoms with Gasteiger partial charge in [0, 0.05) is 27.2 Å². The maximum absolute atomic E-state index is 11.1. The van der Waals surface area contributed by atoms with Crippen LogP contribution in [-0.2, 0) is 0 Å². The standard InChI is InChI=1S/C10H11Cl2N3O2/c1-13-3-4-14(2)9-7(13)5-6(11)8(12)10(9)15(16)17/h5H,3-4H2,1-2H3. The summed E-state index contributed by atoms with van der Waals surface area (Å²) in [5.41, 5.74) is 1.14. The molecule has 0 aliphatic carbocycles. The van der Waals surface area contributed by atoms with Crippen LogP contribution in [0.1, 0.15) is 0 Å². The molecular formula is C10H11Cl2N3O2. The van der Waals surface area contributed by atoms with Crippen LogP contribution < -0.4 is 9.80 Å². The van der Waals surface area contributed by atoms with Crippen molar-refractivity contribution >= 4 is 40.3 Å². The maximum atomic E-state index is 11.1. The van der Waals surface area contributed by atoms with E-state index in [-0.39, 0.29) is 15.7 Å². The van der Waals surface area contributed by atoms with Crippen LogP contribution >= 0.6 is 23.2 Å². The fourth-order valence-electron chi connectivity index (χ4n) is 1.96. The Balaban J connectivity index is 2.77. The van der Waals surface area contributed by atoms with Crippen molar-refractivity contribution in [2.75, 3.05) is 37.0 Å². The van der Waals surface area contributed by atoms with Gasteiger partial charge < -0.3 is 9.80 Å². The van der Waals surface area contributed by atoms with Crippen molar-refractivity contribution in [2.24, 2.45) is 0 Å². The third-order valence-electron chi connectivity index (χ3n) is 2.89. The summed E-state index contributed by atoms with van der Waals surface area (Å²) in [5.74, 6) is 0. The first kappa shape index (κ1) is 12.3. The molecule has 0 unspecified atom stereocenters. The summed E-state index contributed by atoms with van der Waals surface area (Å²) in [4.78, 5) is 14.4. The van der Waals surface area contributed by atoms with Gasteiger partial charge in [0.25, 0.3) is 0 Å². The van der Waals surface area contributed by atoms with Gasteiger partial charge in [0.1, 0.15) is 10.7 Å². The predicted octanol–water partition coefficient (Wildman–Crippen LogP) is 2.79. The number of rotatable bonds is 1. The minimum atomic E-state index is -0.483. The van der Waals surface area contributed by atoms with Crippen molar-refractivity contribution in [3.05, 3.63) is 26.2 Å². The zero-order chi connectivity index (χ0) is 12.7. The van der Waals surface area contributed by atoms with Crippen molar-refractivity contribution in [1.29, 1.82) is 0 Å². The highest BCUT2D eigenvalue weighted by Gasteiger charge is 2.31. The average Bonchev–Trinajstić information content (AvgIpc) is 2.26. The number of nitro groups is 1. The van der Waals surface area contributed by atoms with Crippen LogP contribution in [0.25, 0.3) is 0 Å². The first-order valence-electron chi connectivity index (χ1n) is 5.02. The summed E-state index contributed by atoms with van der Waals surface area (Å²) in [7, 11) is 3.68. The monoisotopic (exact) mass is 275 g/mol. The molecule has 2 rings (SSSR count). The molecule has 1 aromatic rings. The van der Waals surface area contributed by atoms with Gasteiger partial charge in [0.05, 0.1) is 15.6 Å². The molecule has 0 atom stereocenters. The molecule has 0 bridgehead atoms. The second kappa shape index (κ2) is 4.23. The Morgan fingerprint density at radius 2 is 1.88 bits per heavy atom. The van der Waals surface area contributed by atoms with Crippen LogP contribution in [0, 0.1) is 10.1 Å². The van der Waals surface area contributed by atoms with Gasteiger partial charge in [-0.05, 0) is 6.07 Å². The number of nitrogens with zero attached hydrogens (tertiary/aromatic N) is 3. The fraction of sp³-hybridized carbons (Fsp3) is 0.400. The van der Waals surface area contributed by atoms with Crippen LogP contribution in [0.15, 0.2) is 6.07 Å². The number of nitro benzene ring substituents is 1. The normalized spacial score (nSPS) is 14.8. The molecule has 5 nitrogen and oxygen atoms in total. The van der Waals surface area contributed by atoms with E-state index in [0.29, 0.717) is 12.2 Å². The van der Waals surface area contributed by atoms with E-state index in [1.54, 1.807) is 6.07 Å². The Kier molecular flexibility index (Phi) is 3.05. The number of likely N-dealkylation sites (N-methyl/N-ethyl adjacent to an activating group) is 2. The maximum Gasteiger partial charge on any atom is 0.314 e. The summed E-state index contributed by atoms with van der Waals surface area (Å²) < 4.78 is 0. The topological polar surface area (TPSA) is 49.6 Å². The number of anilines is 2. The van der Waals surface area contributed by atoms with Crippen LogP contribution in [0.3, 0.4) is 0 Å². The zero-order valence-corrected chi connectivity index (χ0v) is 10.9. The molecule has 7 heteroatoms. The van der Waals surface area contributed by atoms with Gasteiger partial charge in [-0.2, -0.15) is 0 Å². The molecule has 0 saturated carbocycles. The lowest BCUT2D eigenvalue weighted by atomic mass is 10.1. The summed E-state index contributed by atoms with van der Waals surface area (Å²) in [5, 5.41) is 11.3. The van der Waals surface area contributed by atoms with E-state index >= 15 is 0 Å². The molecular weight excluding hydrogens is 265 g/mol. The molecule has 0 spiro atoms. The van der Waals surface area contributed by atoms with Gasteiger partial charge in [-0.25, -0.2) is 0 Å². The number of hydrogen-bond donors (Lipinski definition) is 0. The van der Waals surface area contributed by atoms with E-state index in [4.69, 9.17) is 23.2 Å². The van der Waals surface area contributed by atoms with E-state index in [0.717, 1.165) is 12.2 Å². The molecule has 1 heterocycles. The molecule has 17 heavy (non-hydrogen) atoms. The number of hydrogen-bond acceptors (Lipinski definition) is 4. The number of fused-ring (bicyclic) bond motifs is 1. The molecule has 0 radical (unpaired) electrons. The Hall–Kier alpha value is -1.20. The van der Waals surface area contributed by atoms with Gasteiger partial charge in [-0.3, -0.25) is 10.1 Å². The van der Waals surface area contributed by atoms with Crippen LogP contribution in [0.4, 0.5) is 17.1 Å².